The fraction of sp³-hybridized carbons (Fsp3) is 0.235. The number of ketones is 1. The summed E-state index contributed by atoms with van der Waals surface area (Å²) in [5.74, 6) is -4.65. The first-order valence-electron chi connectivity index (χ1n) is 6.63. The van der Waals surface area contributed by atoms with Gasteiger partial charge in [-0.15, -0.1) is 0 Å². The van der Waals surface area contributed by atoms with Crippen LogP contribution in [0.2, 0.25) is 0 Å². The third-order valence-electron chi connectivity index (χ3n) is 3.55. The predicted octanol–water partition coefficient (Wildman–Crippen LogP) is 4.54. The van der Waals surface area contributed by atoms with Gasteiger partial charge in [-0.2, -0.15) is 0 Å². The third-order valence-corrected chi connectivity index (χ3v) is 3.55. The van der Waals surface area contributed by atoms with Crippen molar-refractivity contribution < 1.29 is 18.0 Å². The van der Waals surface area contributed by atoms with Crippen LogP contribution in [-0.2, 0) is 6.42 Å². The highest BCUT2D eigenvalue weighted by Crippen LogP contribution is 2.19. The molecule has 0 amide bonds. The fourth-order valence-electron chi connectivity index (χ4n) is 2.34. The number of carbonyl (C=O) groups is 1. The van der Waals surface area contributed by atoms with E-state index in [0.29, 0.717) is 6.42 Å². The molecular formula is C17H15F3O. The van der Waals surface area contributed by atoms with Crippen molar-refractivity contribution in [2.24, 2.45) is 0 Å². The third kappa shape index (κ3) is 3.32. The summed E-state index contributed by atoms with van der Waals surface area (Å²) in [6.07, 6.45) is 0.605. The number of carbonyl (C=O) groups excluding carboxylic acids is 1. The highest BCUT2D eigenvalue weighted by molar-refractivity contribution is 5.96. The molecule has 0 aliphatic rings. The van der Waals surface area contributed by atoms with Crippen LogP contribution in [0.25, 0.3) is 0 Å². The predicted molar refractivity (Wildman–Crippen MR) is 74.9 cm³/mol. The van der Waals surface area contributed by atoms with Gasteiger partial charge < -0.3 is 0 Å². The minimum atomic E-state index is -1.55. The summed E-state index contributed by atoms with van der Waals surface area (Å²) in [4.78, 5) is 12.0. The molecule has 110 valence electrons. The van der Waals surface area contributed by atoms with E-state index < -0.39 is 23.2 Å². The molecule has 0 aliphatic heterocycles. The van der Waals surface area contributed by atoms with Gasteiger partial charge in [-0.3, -0.25) is 4.79 Å². The molecule has 0 bridgehead atoms. The van der Waals surface area contributed by atoms with E-state index in [1.54, 1.807) is 0 Å². The van der Waals surface area contributed by atoms with Crippen LogP contribution in [0.1, 0.15) is 33.5 Å². The van der Waals surface area contributed by atoms with Gasteiger partial charge in [-0.25, -0.2) is 13.2 Å². The average molecular weight is 292 g/mol. The van der Waals surface area contributed by atoms with Crippen LogP contribution >= 0.6 is 0 Å². The molecule has 4 heteroatoms. The van der Waals surface area contributed by atoms with Crippen LogP contribution in [0.15, 0.2) is 30.3 Å². The Morgan fingerprint density at radius 3 is 2.05 bits per heavy atom. The van der Waals surface area contributed by atoms with Crippen molar-refractivity contribution >= 4 is 5.78 Å². The average Bonchev–Trinajstić information content (AvgIpc) is 2.43. The first-order valence-corrected chi connectivity index (χ1v) is 6.63. The molecule has 0 saturated heterocycles. The largest absolute Gasteiger partial charge is 0.294 e. The van der Waals surface area contributed by atoms with Gasteiger partial charge in [0.1, 0.15) is 0 Å². The summed E-state index contributed by atoms with van der Waals surface area (Å²) in [6.45, 7) is 3.90. The van der Waals surface area contributed by atoms with E-state index >= 15 is 0 Å². The maximum absolute atomic E-state index is 13.1. The highest BCUT2D eigenvalue weighted by Gasteiger charge is 2.15. The van der Waals surface area contributed by atoms with Gasteiger partial charge in [-0.05, 0) is 49.1 Å². The van der Waals surface area contributed by atoms with Gasteiger partial charge in [0.25, 0.3) is 0 Å². The molecular weight excluding hydrogens is 277 g/mol. The van der Waals surface area contributed by atoms with Crippen molar-refractivity contribution in [3.05, 3.63) is 70.0 Å². The Morgan fingerprint density at radius 2 is 1.52 bits per heavy atom. The second kappa shape index (κ2) is 6.12. The fourth-order valence-corrected chi connectivity index (χ4v) is 2.34. The zero-order valence-electron chi connectivity index (χ0n) is 11.8. The molecule has 0 aromatic heterocycles. The van der Waals surface area contributed by atoms with Crippen LogP contribution in [0.4, 0.5) is 13.2 Å². The molecule has 0 spiro atoms. The van der Waals surface area contributed by atoms with E-state index in [1.165, 1.54) is 0 Å². The Labute approximate surface area is 121 Å². The SMILES string of the molecule is Cc1cccc(C)c1CCC(=O)c1cc(F)c(F)c(F)c1. The van der Waals surface area contributed by atoms with Crippen molar-refractivity contribution in [2.45, 2.75) is 26.7 Å². The first-order chi connectivity index (χ1) is 9.90. The first kappa shape index (κ1) is 15.3. The van der Waals surface area contributed by atoms with Gasteiger partial charge in [0.2, 0.25) is 0 Å². The summed E-state index contributed by atoms with van der Waals surface area (Å²) in [7, 11) is 0. The van der Waals surface area contributed by atoms with Crippen molar-refractivity contribution in [1.29, 1.82) is 0 Å². The minimum absolute atomic E-state index is 0.121. The molecule has 1 nitrogen and oxygen atoms in total. The molecule has 0 heterocycles. The topological polar surface area (TPSA) is 17.1 Å². The van der Waals surface area contributed by atoms with Crippen LogP contribution in [-0.4, -0.2) is 5.78 Å². The molecule has 21 heavy (non-hydrogen) atoms. The Bertz CT molecular complexity index is 649. The summed E-state index contributed by atoms with van der Waals surface area (Å²) >= 11 is 0. The molecule has 0 fully saturated rings. The van der Waals surface area contributed by atoms with Gasteiger partial charge in [-0.1, -0.05) is 18.2 Å². The summed E-state index contributed by atoms with van der Waals surface area (Å²) in [6, 6.07) is 7.31. The summed E-state index contributed by atoms with van der Waals surface area (Å²) in [5.41, 5.74) is 3.05. The van der Waals surface area contributed by atoms with Crippen molar-refractivity contribution in [1.82, 2.24) is 0 Å². The van der Waals surface area contributed by atoms with E-state index in [-0.39, 0.29) is 12.0 Å². The van der Waals surface area contributed by atoms with Crippen LogP contribution < -0.4 is 0 Å². The van der Waals surface area contributed by atoms with Crippen molar-refractivity contribution in [3.8, 4) is 0 Å². The molecule has 0 unspecified atom stereocenters. The number of Topliss-reactive ketones (excluding diaryl/α,β-unsaturated/α-hetero) is 1. The second-order valence-corrected chi connectivity index (χ2v) is 5.05. The molecule has 0 atom stereocenters. The van der Waals surface area contributed by atoms with E-state index in [0.717, 1.165) is 28.8 Å². The Hall–Kier alpha value is -2.10. The molecule has 2 rings (SSSR count). The van der Waals surface area contributed by atoms with Gasteiger partial charge >= 0.3 is 0 Å². The Kier molecular flexibility index (Phi) is 4.46. The second-order valence-electron chi connectivity index (χ2n) is 5.05. The Morgan fingerprint density at radius 1 is 1.00 bits per heavy atom. The number of rotatable bonds is 4. The minimum Gasteiger partial charge on any atom is -0.294 e. The lowest BCUT2D eigenvalue weighted by molar-refractivity contribution is 0.0981. The summed E-state index contributed by atoms with van der Waals surface area (Å²) in [5, 5.41) is 0. The maximum Gasteiger partial charge on any atom is 0.194 e. The van der Waals surface area contributed by atoms with E-state index in [1.807, 2.05) is 32.0 Å². The standard InChI is InChI=1S/C17H15F3O/c1-10-4-3-5-11(2)13(10)6-7-16(21)12-8-14(18)17(20)15(19)9-12/h3-5,8-9H,6-7H2,1-2H3. The Balaban J connectivity index is 2.16. The molecule has 0 aliphatic carbocycles. The van der Waals surface area contributed by atoms with Crippen molar-refractivity contribution in [2.75, 3.05) is 0 Å². The van der Waals surface area contributed by atoms with Gasteiger partial charge in [0.05, 0.1) is 0 Å². The monoisotopic (exact) mass is 292 g/mol. The van der Waals surface area contributed by atoms with Crippen LogP contribution in [0.3, 0.4) is 0 Å². The smallest absolute Gasteiger partial charge is 0.194 e. The zero-order chi connectivity index (χ0) is 15.6. The molecule has 0 radical (unpaired) electrons. The highest BCUT2D eigenvalue weighted by atomic mass is 19.2. The molecule has 2 aromatic carbocycles. The maximum atomic E-state index is 13.1. The lowest BCUT2D eigenvalue weighted by Crippen LogP contribution is -2.05. The van der Waals surface area contributed by atoms with Gasteiger partial charge in [0, 0.05) is 12.0 Å². The number of benzene rings is 2. The van der Waals surface area contributed by atoms with E-state index in [9.17, 15) is 18.0 Å². The quantitative estimate of drug-likeness (QED) is 0.597. The van der Waals surface area contributed by atoms with Crippen molar-refractivity contribution in [3.63, 3.8) is 0 Å². The molecule has 0 N–H and O–H groups in total. The van der Waals surface area contributed by atoms with Crippen LogP contribution in [0, 0.1) is 31.3 Å². The van der Waals surface area contributed by atoms with Crippen LogP contribution in [0.5, 0.6) is 0 Å². The number of halogens is 3. The summed E-state index contributed by atoms with van der Waals surface area (Å²) < 4.78 is 39.1. The molecule has 2 aromatic rings. The number of hydrogen-bond donors (Lipinski definition) is 0. The lowest BCUT2D eigenvalue weighted by Gasteiger charge is -2.09. The lowest BCUT2D eigenvalue weighted by atomic mass is 9.96. The molecule has 0 saturated carbocycles. The number of hydrogen-bond acceptors (Lipinski definition) is 1. The van der Waals surface area contributed by atoms with Gasteiger partial charge in [0.15, 0.2) is 23.2 Å². The number of aryl methyl sites for hydroxylation is 2. The zero-order valence-corrected chi connectivity index (χ0v) is 11.8. The van der Waals surface area contributed by atoms with E-state index in [2.05, 4.69) is 0 Å². The van der Waals surface area contributed by atoms with E-state index in [4.69, 9.17) is 0 Å². The normalized spacial score (nSPS) is 10.7.